The molecule has 0 N–H and O–H groups in total. The van der Waals surface area contributed by atoms with Gasteiger partial charge in [0.2, 0.25) is 5.91 Å². The first-order chi connectivity index (χ1) is 13.6. The number of thioether (sulfide) groups is 1. The Hall–Kier alpha value is -2.28. The summed E-state index contributed by atoms with van der Waals surface area (Å²) in [7, 11) is 1.65. The van der Waals surface area contributed by atoms with Crippen LogP contribution in [-0.4, -0.2) is 51.0 Å². The fourth-order valence-electron chi connectivity index (χ4n) is 3.38. The molecule has 3 rings (SSSR count). The summed E-state index contributed by atoms with van der Waals surface area (Å²) in [5.74, 6) is 1.75. The third-order valence-electron chi connectivity index (χ3n) is 4.92. The van der Waals surface area contributed by atoms with Crippen LogP contribution in [0.2, 0.25) is 0 Å². The fourth-order valence-corrected chi connectivity index (χ4v) is 4.32. The lowest BCUT2D eigenvalue weighted by Crippen LogP contribution is -2.37. The summed E-state index contributed by atoms with van der Waals surface area (Å²) < 4.78 is 7.23. The highest BCUT2D eigenvalue weighted by Gasteiger charge is 2.25. The molecular formula is C21H28N4O2S. The maximum absolute atomic E-state index is 12.9. The Morgan fingerprint density at radius 3 is 2.50 bits per heavy atom. The highest BCUT2D eigenvalue weighted by Crippen LogP contribution is 2.29. The van der Waals surface area contributed by atoms with Gasteiger partial charge in [0.1, 0.15) is 5.75 Å². The van der Waals surface area contributed by atoms with Crippen LogP contribution in [0, 0.1) is 0 Å². The number of benzene rings is 1. The number of aromatic nitrogens is 3. The molecule has 2 heterocycles. The molecule has 1 amide bonds. The molecule has 0 aliphatic carbocycles. The minimum absolute atomic E-state index is 0.186. The predicted octanol–water partition coefficient (Wildman–Crippen LogP) is 4.02. The van der Waals surface area contributed by atoms with E-state index in [1.807, 2.05) is 46.7 Å². The van der Waals surface area contributed by atoms with Crippen molar-refractivity contribution in [3.05, 3.63) is 36.9 Å². The molecule has 2 aromatic rings. The molecule has 0 bridgehead atoms. The van der Waals surface area contributed by atoms with Crippen LogP contribution >= 0.6 is 11.8 Å². The quantitative estimate of drug-likeness (QED) is 0.519. The van der Waals surface area contributed by atoms with E-state index >= 15 is 0 Å². The monoisotopic (exact) mass is 400 g/mol. The number of ether oxygens (including phenoxy) is 1. The summed E-state index contributed by atoms with van der Waals surface area (Å²) in [6.07, 6.45) is 6.44. The Labute approximate surface area is 171 Å². The van der Waals surface area contributed by atoms with Gasteiger partial charge in [-0.15, -0.1) is 16.8 Å². The van der Waals surface area contributed by atoms with Crippen LogP contribution in [0.15, 0.2) is 42.1 Å². The van der Waals surface area contributed by atoms with Crippen molar-refractivity contribution in [1.29, 1.82) is 0 Å². The van der Waals surface area contributed by atoms with Crippen molar-refractivity contribution in [2.24, 2.45) is 0 Å². The zero-order valence-electron chi connectivity index (χ0n) is 16.6. The molecule has 28 heavy (non-hydrogen) atoms. The van der Waals surface area contributed by atoms with Crippen LogP contribution in [0.3, 0.4) is 0 Å². The average molecular weight is 401 g/mol. The maximum Gasteiger partial charge on any atom is 0.235 e. The van der Waals surface area contributed by atoms with E-state index < -0.39 is 0 Å². The molecule has 1 aliphatic heterocycles. The van der Waals surface area contributed by atoms with E-state index in [1.54, 1.807) is 7.11 Å². The smallest absolute Gasteiger partial charge is 0.235 e. The van der Waals surface area contributed by atoms with Gasteiger partial charge >= 0.3 is 0 Å². The fraction of sp³-hybridized carbons (Fsp3) is 0.476. The number of rotatable bonds is 7. The summed E-state index contributed by atoms with van der Waals surface area (Å²) in [4.78, 5) is 14.9. The van der Waals surface area contributed by atoms with Gasteiger partial charge in [0.25, 0.3) is 0 Å². The van der Waals surface area contributed by atoms with Gasteiger partial charge in [0, 0.05) is 25.2 Å². The van der Waals surface area contributed by atoms with Gasteiger partial charge in [-0.3, -0.25) is 9.36 Å². The molecule has 0 spiro atoms. The standard InChI is InChI=1S/C21H28N4O2S/c1-4-13-25-19(17-9-11-18(27-3)12-10-17)22-23-21(25)28-16(2)20(26)24-14-7-5-6-8-15-24/h4,9-12,16H,1,5-8,13-15H2,2-3H3/t16-/m1/s1. The first kappa shape index (κ1) is 20.5. The molecular weight excluding hydrogens is 372 g/mol. The molecule has 1 aliphatic rings. The maximum atomic E-state index is 12.9. The van der Waals surface area contributed by atoms with Gasteiger partial charge in [-0.2, -0.15) is 0 Å². The van der Waals surface area contributed by atoms with Gasteiger partial charge in [0.15, 0.2) is 11.0 Å². The second kappa shape index (κ2) is 9.78. The summed E-state index contributed by atoms with van der Waals surface area (Å²) in [6.45, 7) is 8.12. The predicted molar refractivity (Wildman–Crippen MR) is 113 cm³/mol. The number of nitrogens with zero attached hydrogens (tertiary/aromatic N) is 4. The van der Waals surface area contributed by atoms with Gasteiger partial charge in [-0.1, -0.05) is 30.7 Å². The highest BCUT2D eigenvalue weighted by molar-refractivity contribution is 8.00. The summed E-state index contributed by atoms with van der Waals surface area (Å²) in [5, 5.41) is 9.28. The Balaban J connectivity index is 1.78. The summed E-state index contributed by atoms with van der Waals surface area (Å²) >= 11 is 1.47. The third kappa shape index (κ3) is 4.76. The Kier molecular flexibility index (Phi) is 7.14. The molecule has 1 atom stereocenters. The van der Waals surface area contributed by atoms with Crippen molar-refractivity contribution >= 4 is 17.7 Å². The molecule has 0 radical (unpaired) electrons. The topological polar surface area (TPSA) is 60.2 Å². The number of amides is 1. The number of likely N-dealkylation sites (tertiary alicyclic amines) is 1. The van der Waals surface area contributed by atoms with E-state index in [9.17, 15) is 4.79 Å². The summed E-state index contributed by atoms with van der Waals surface area (Å²) in [5.41, 5.74) is 0.952. The van der Waals surface area contributed by atoms with Gasteiger partial charge in [-0.25, -0.2) is 0 Å². The van der Waals surface area contributed by atoms with Crippen molar-refractivity contribution in [2.75, 3.05) is 20.2 Å². The molecule has 1 aromatic heterocycles. The van der Waals surface area contributed by atoms with Gasteiger partial charge in [-0.05, 0) is 44.0 Å². The average Bonchev–Trinajstić information content (AvgIpc) is 2.93. The van der Waals surface area contributed by atoms with Crippen LogP contribution in [0.5, 0.6) is 5.75 Å². The molecule has 0 unspecified atom stereocenters. The van der Waals surface area contributed by atoms with E-state index in [4.69, 9.17) is 4.74 Å². The summed E-state index contributed by atoms with van der Waals surface area (Å²) in [6, 6.07) is 7.73. The van der Waals surface area contributed by atoms with Crippen LogP contribution in [-0.2, 0) is 11.3 Å². The SMILES string of the molecule is C=CCn1c(S[C@H](C)C(=O)N2CCCCCC2)nnc1-c1ccc(OC)cc1. The van der Waals surface area contributed by atoms with Gasteiger partial charge < -0.3 is 9.64 Å². The number of hydrogen-bond acceptors (Lipinski definition) is 5. The number of carbonyl (C=O) groups is 1. The van der Waals surface area contributed by atoms with Gasteiger partial charge in [0.05, 0.1) is 12.4 Å². The largest absolute Gasteiger partial charge is 0.497 e. The molecule has 7 heteroatoms. The van der Waals surface area contributed by atoms with Crippen molar-refractivity contribution in [1.82, 2.24) is 19.7 Å². The minimum Gasteiger partial charge on any atom is -0.497 e. The first-order valence-corrected chi connectivity index (χ1v) is 10.7. The van der Waals surface area contributed by atoms with Crippen molar-refractivity contribution in [3.8, 4) is 17.1 Å². The lowest BCUT2D eigenvalue weighted by Gasteiger charge is -2.23. The zero-order valence-corrected chi connectivity index (χ0v) is 17.5. The number of allylic oxidation sites excluding steroid dienone is 1. The van der Waals surface area contributed by atoms with Crippen molar-refractivity contribution < 1.29 is 9.53 Å². The molecule has 150 valence electrons. The molecule has 6 nitrogen and oxygen atoms in total. The highest BCUT2D eigenvalue weighted by atomic mass is 32.2. The Morgan fingerprint density at radius 1 is 1.21 bits per heavy atom. The Morgan fingerprint density at radius 2 is 1.89 bits per heavy atom. The van der Waals surface area contributed by atoms with Crippen LogP contribution in [0.4, 0.5) is 0 Å². The molecule has 1 aromatic carbocycles. The molecule has 1 saturated heterocycles. The van der Waals surface area contributed by atoms with Crippen LogP contribution in [0.25, 0.3) is 11.4 Å². The van der Waals surface area contributed by atoms with Crippen molar-refractivity contribution in [3.63, 3.8) is 0 Å². The van der Waals surface area contributed by atoms with E-state index in [1.165, 1.54) is 24.6 Å². The second-order valence-electron chi connectivity index (χ2n) is 6.93. The molecule has 0 saturated carbocycles. The lowest BCUT2D eigenvalue weighted by molar-refractivity contribution is -0.130. The molecule has 1 fully saturated rings. The zero-order chi connectivity index (χ0) is 19.9. The number of methoxy groups -OCH3 is 1. The lowest BCUT2D eigenvalue weighted by atomic mass is 10.2. The van der Waals surface area contributed by atoms with Crippen molar-refractivity contribution in [2.45, 2.75) is 49.6 Å². The second-order valence-corrected chi connectivity index (χ2v) is 8.24. The normalized spacial score (nSPS) is 15.7. The number of carbonyl (C=O) groups excluding carboxylic acids is 1. The van der Waals surface area contributed by atoms with E-state index in [-0.39, 0.29) is 11.2 Å². The third-order valence-corrected chi connectivity index (χ3v) is 5.99. The number of hydrogen-bond donors (Lipinski definition) is 0. The van der Waals surface area contributed by atoms with E-state index in [0.29, 0.717) is 6.54 Å². The van der Waals surface area contributed by atoms with Crippen LogP contribution in [0.1, 0.15) is 32.6 Å². The first-order valence-electron chi connectivity index (χ1n) is 9.78. The Bertz CT molecular complexity index is 795. The van der Waals surface area contributed by atoms with E-state index in [2.05, 4.69) is 16.8 Å². The minimum atomic E-state index is -0.199. The van der Waals surface area contributed by atoms with Crippen LogP contribution < -0.4 is 4.74 Å². The van der Waals surface area contributed by atoms with E-state index in [0.717, 1.165) is 48.2 Å².